The van der Waals surface area contributed by atoms with Crippen molar-refractivity contribution in [1.82, 2.24) is 5.32 Å². The van der Waals surface area contributed by atoms with Crippen molar-refractivity contribution >= 4 is 18.2 Å². The number of benzene rings is 1. The molecule has 0 unspecified atom stereocenters. The molecule has 0 aliphatic carbocycles. The van der Waals surface area contributed by atoms with Crippen LogP contribution in [0.2, 0.25) is 0 Å². The van der Waals surface area contributed by atoms with Gasteiger partial charge in [0.1, 0.15) is 0 Å². The van der Waals surface area contributed by atoms with E-state index in [1.807, 2.05) is 6.07 Å². The minimum absolute atomic E-state index is 0.204. The van der Waals surface area contributed by atoms with Crippen LogP contribution in [0.1, 0.15) is 36.0 Å². The van der Waals surface area contributed by atoms with Crippen LogP contribution in [0.4, 0.5) is 0 Å². The van der Waals surface area contributed by atoms with Crippen LogP contribution in [-0.4, -0.2) is 31.3 Å². The third-order valence-electron chi connectivity index (χ3n) is 2.71. The second-order valence-corrected chi connectivity index (χ2v) is 4.29. The number of hydrogen-bond donors (Lipinski definition) is 1. The lowest BCUT2D eigenvalue weighted by molar-refractivity contribution is -0.142. The van der Waals surface area contributed by atoms with E-state index in [0.717, 1.165) is 12.8 Å². The molecule has 0 bridgehead atoms. The molecule has 1 N–H and O–H groups in total. The summed E-state index contributed by atoms with van der Waals surface area (Å²) in [4.78, 5) is 33.0. The van der Waals surface area contributed by atoms with Crippen molar-refractivity contribution in [3.05, 3.63) is 35.9 Å². The van der Waals surface area contributed by atoms with Gasteiger partial charge in [0.2, 0.25) is 0 Å². The number of carbonyl (C=O) groups excluding carboxylic acids is 3. The number of Topliss-reactive ketones (excluding diaryl/α,β-unsaturated/α-hetero) is 1. The SMILES string of the molecule is O=[C]NCCCCCC(=O)OCC(=O)c1ccccc1. The molecule has 1 amide bonds. The van der Waals surface area contributed by atoms with Crippen molar-refractivity contribution in [1.29, 1.82) is 0 Å². The number of amides is 1. The first kappa shape index (κ1) is 15.9. The first-order valence-electron chi connectivity index (χ1n) is 6.58. The zero-order chi connectivity index (χ0) is 14.6. The van der Waals surface area contributed by atoms with Gasteiger partial charge in [0, 0.05) is 18.5 Å². The highest BCUT2D eigenvalue weighted by atomic mass is 16.5. The summed E-state index contributed by atoms with van der Waals surface area (Å²) in [6.45, 7) is 0.343. The molecular weight excluding hydrogens is 258 g/mol. The lowest BCUT2D eigenvalue weighted by Gasteiger charge is -2.04. The zero-order valence-corrected chi connectivity index (χ0v) is 11.3. The number of unbranched alkanes of at least 4 members (excludes halogenated alkanes) is 2. The van der Waals surface area contributed by atoms with E-state index in [-0.39, 0.29) is 24.8 Å². The molecular formula is C15H18NO4. The highest BCUT2D eigenvalue weighted by Crippen LogP contribution is 2.03. The summed E-state index contributed by atoms with van der Waals surface area (Å²) in [6.07, 6.45) is 4.16. The molecule has 0 aliphatic heterocycles. The van der Waals surface area contributed by atoms with Gasteiger partial charge in [-0.15, -0.1) is 0 Å². The van der Waals surface area contributed by atoms with Gasteiger partial charge in [-0.05, 0) is 12.8 Å². The number of ether oxygens (including phenoxy) is 1. The number of rotatable bonds is 10. The van der Waals surface area contributed by atoms with Crippen LogP contribution < -0.4 is 5.32 Å². The molecule has 0 atom stereocenters. The molecule has 0 aromatic heterocycles. The van der Waals surface area contributed by atoms with Gasteiger partial charge in [0.15, 0.2) is 12.4 Å². The van der Waals surface area contributed by atoms with Crippen LogP contribution in [-0.2, 0) is 14.3 Å². The second-order valence-electron chi connectivity index (χ2n) is 4.29. The fourth-order valence-electron chi connectivity index (χ4n) is 1.64. The Morgan fingerprint density at radius 2 is 1.85 bits per heavy atom. The molecule has 5 heteroatoms. The van der Waals surface area contributed by atoms with Crippen LogP contribution in [0.15, 0.2) is 30.3 Å². The Morgan fingerprint density at radius 3 is 2.55 bits per heavy atom. The number of ketones is 1. The Hall–Kier alpha value is -2.17. The summed E-state index contributed by atoms with van der Waals surface area (Å²) in [7, 11) is 0. The molecule has 1 aromatic rings. The predicted octanol–water partition coefficient (Wildman–Crippen LogP) is 1.63. The number of hydrogen-bond acceptors (Lipinski definition) is 4. The van der Waals surface area contributed by atoms with Crippen molar-refractivity contribution in [2.45, 2.75) is 25.7 Å². The molecule has 0 aliphatic rings. The molecule has 107 valence electrons. The van der Waals surface area contributed by atoms with E-state index in [1.165, 1.54) is 0 Å². The highest BCUT2D eigenvalue weighted by molar-refractivity contribution is 5.97. The van der Waals surface area contributed by atoms with Gasteiger partial charge in [-0.3, -0.25) is 14.4 Å². The first-order chi connectivity index (χ1) is 9.74. The fourth-order valence-corrected chi connectivity index (χ4v) is 1.64. The molecule has 20 heavy (non-hydrogen) atoms. The van der Waals surface area contributed by atoms with E-state index in [2.05, 4.69) is 5.32 Å². The van der Waals surface area contributed by atoms with E-state index in [1.54, 1.807) is 30.7 Å². The predicted molar refractivity (Wildman–Crippen MR) is 73.9 cm³/mol. The minimum Gasteiger partial charge on any atom is -0.457 e. The Kier molecular flexibility index (Phi) is 7.72. The van der Waals surface area contributed by atoms with Crippen LogP contribution >= 0.6 is 0 Å². The van der Waals surface area contributed by atoms with Crippen molar-refractivity contribution in [3.8, 4) is 0 Å². The Balaban J connectivity index is 2.11. The topological polar surface area (TPSA) is 72.5 Å². The highest BCUT2D eigenvalue weighted by Gasteiger charge is 2.09. The summed E-state index contributed by atoms with van der Waals surface area (Å²) in [5.41, 5.74) is 0.538. The van der Waals surface area contributed by atoms with Gasteiger partial charge in [-0.1, -0.05) is 36.8 Å². The molecule has 0 saturated carbocycles. The maximum Gasteiger partial charge on any atom is 0.309 e. The number of esters is 1. The zero-order valence-electron chi connectivity index (χ0n) is 11.3. The summed E-state index contributed by atoms with van der Waals surface area (Å²) in [5.74, 6) is -0.575. The van der Waals surface area contributed by atoms with Crippen molar-refractivity contribution in [2.24, 2.45) is 0 Å². The molecule has 0 fully saturated rings. The average molecular weight is 276 g/mol. The van der Waals surface area contributed by atoms with Crippen LogP contribution in [0.25, 0.3) is 0 Å². The van der Waals surface area contributed by atoms with E-state index in [4.69, 9.17) is 4.74 Å². The van der Waals surface area contributed by atoms with Gasteiger partial charge in [-0.2, -0.15) is 0 Å². The third kappa shape index (κ3) is 6.68. The summed E-state index contributed by atoms with van der Waals surface area (Å²) < 4.78 is 4.92. The quantitative estimate of drug-likeness (QED) is 0.305. The summed E-state index contributed by atoms with van der Waals surface area (Å²) >= 11 is 0. The fraction of sp³-hybridized carbons (Fsp3) is 0.400. The largest absolute Gasteiger partial charge is 0.457 e. The van der Waals surface area contributed by atoms with E-state index < -0.39 is 0 Å². The lowest BCUT2D eigenvalue weighted by atomic mass is 10.1. The van der Waals surface area contributed by atoms with E-state index in [9.17, 15) is 14.4 Å². The van der Waals surface area contributed by atoms with E-state index >= 15 is 0 Å². The maximum absolute atomic E-state index is 11.7. The van der Waals surface area contributed by atoms with Crippen molar-refractivity contribution in [2.75, 3.05) is 13.2 Å². The number of carbonyl (C=O) groups is 2. The van der Waals surface area contributed by atoms with Crippen LogP contribution in [0.5, 0.6) is 0 Å². The second kappa shape index (κ2) is 9.72. The third-order valence-corrected chi connectivity index (χ3v) is 2.71. The maximum atomic E-state index is 11.7. The summed E-state index contributed by atoms with van der Waals surface area (Å²) in [5, 5.41) is 2.43. The standard InChI is InChI=1S/C15H18NO4/c17-12-16-10-6-2-5-9-15(19)20-11-14(18)13-7-3-1-4-8-13/h1,3-4,7-8H,2,5-6,9-11H2,(H,16,17). The Morgan fingerprint density at radius 1 is 1.10 bits per heavy atom. The van der Waals surface area contributed by atoms with Crippen LogP contribution in [0, 0.1) is 0 Å². The van der Waals surface area contributed by atoms with Crippen molar-refractivity contribution < 1.29 is 19.1 Å². The molecule has 5 nitrogen and oxygen atoms in total. The van der Waals surface area contributed by atoms with Gasteiger partial charge >= 0.3 is 12.4 Å². The van der Waals surface area contributed by atoms with Gasteiger partial charge < -0.3 is 10.1 Å². The lowest BCUT2D eigenvalue weighted by Crippen LogP contribution is -2.14. The van der Waals surface area contributed by atoms with Gasteiger partial charge in [0.25, 0.3) is 0 Å². The molecule has 0 spiro atoms. The Bertz CT molecular complexity index is 431. The molecule has 1 aromatic carbocycles. The molecule has 1 rings (SSSR count). The van der Waals surface area contributed by atoms with Crippen molar-refractivity contribution in [3.63, 3.8) is 0 Å². The monoisotopic (exact) mass is 276 g/mol. The molecule has 0 saturated heterocycles. The van der Waals surface area contributed by atoms with Gasteiger partial charge in [-0.25, -0.2) is 0 Å². The number of nitrogens with one attached hydrogen (secondary N) is 1. The summed E-state index contributed by atoms with van der Waals surface area (Å²) in [6, 6.07) is 8.72. The molecule has 0 heterocycles. The van der Waals surface area contributed by atoms with Gasteiger partial charge in [0.05, 0.1) is 0 Å². The minimum atomic E-state index is -0.371. The van der Waals surface area contributed by atoms with Crippen LogP contribution in [0.3, 0.4) is 0 Å². The smallest absolute Gasteiger partial charge is 0.309 e. The average Bonchev–Trinajstić information content (AvgIpc) is 2.49. The van der Waals surface area contributed by atoms with E-state index in [0.29, 0.717) is 18.5 Å². The molecule has 1 radical (unpaired) electrons. The Labute approximate surface area is 118 Å². The normalized spacial score (nSPS) is 9.80. The first-order valence-corrected chi connectivity index (χ1v) is 6.58.